The maximum atomic E-state index is 11.6. The Morgan fingerprint density at radius 2 is 2.50 bits per heavy atom. The lowest BCUT2D eigenvalue weighted by atomic mass is 10.4. The third-order valence-electron chi connectivity index (χ3n) is 1.79. The summed E-state index contributed by atoms with van der Waals surface area (Å²) in [5.74, 6) is -0.00498. The quantitative estimate of drug-likeness (QED) is 0.671. The summed E-state index contributed by atoms with van der Waals surface area (Å²) >= 11 is 4.75. The number of pyridine rings is 1. The maximum absolute atomic E-state index is 11.6. The molecule has 0 aliphatic rings. The summed E-state index contributed by atoms with van der Waals surface area (Å²) in [5, 5.41) is 3.43. The van der Waals surface area contributed by atoms with Crippen LogP contribution in [0.2, 0.25) is 0 Å². The Kier molecular flexibility index (Phi) is 5.55. The Morgan fingerprint density at radius 1 is 1.75 bits per heavy atom. The molecule has 5 heteroatoms. The number of amides is 1. The topological polar surface area (TPSA) is 42.0 Å². The number of aromatic nitrogens is 1. The molecule has 1 unspecified atom stereocenters. The van der Waals surface area contributed by atoms with Gasteiger partial charge >= 0.3 is 0 Å². The van der Waals surface area contributed by atoms with Gasteiger partial charge in [0, 0.05) is 17.2 Å². The summed E-state index contributed by atoms with van der Waals surface area (Å²) < 4.78 is 0.931. The molecule has 0 fully saturated rings. The highest BCUT2D eigenvalue weighted by atomic mass is 79.9. The molecule has 16 heavy (non-hydrogen) atoms. The molecule has 1 aromatic heterocycles. The van der Waals surface area contributed by atoms with Crippen LogP contribution in [0.5, 0.6) is 0 Å². The Labute approximate surface area is 108 Å². The molecule has 0 spiro atoms. The molecule has 1 aromatic rings. The van der Waals surface area contributed by atoms with Crippen LogP contribution in [0.25, 0.3) is 0 Å². The Bertz CT molecular complexity index is 367. The number of hydrogen-bond acceptors (Lipinski definition) is 3. The van der Waals surface area contributed by atoms with Gasteiger partial charge < -0.3 is 5.32 Å². The fourth-order valence-electron chi connectivity index (χ4n) is 0.983. The molecule has 0 aliphatic heterocycles. The summed E-state index contributed by atoms with van der Waals surface area (Å²) in [7, 11) is 0. The zero-order chi connectivity index (χ0) is 12.0. The minimum Gasteiger partial charge on any atom is -0.352 e. The van der Waals surface area contributed by atoms with Gasteiger partial charge in [-0.05, 0) is 35.0 Å². The molecular formula is C11H13BrN2OS. The van der Waals surface area contributed by atoms with Gasteiger partial charge in [-0.25, -0.2) is 4.98 Å². The SMILES string of the molecule is C=CCNC(=O)C(C)Sc1ccc(Br)cn1. The van der Waals surface area contributed by atoms with Crippen molar-refractivity contribution >= 4 is 33.6 Å². The molecule has 1 amide bonds. The fraction of sp³-hybridized carbons (Fsp3) is 0.273. The predicted molar refractivity (Wildman–Crippen MR) is 70.5 cm³/mol. The van der Waals surface area contributed by atoms with Crippen LogP contribution in [-0.4, -0.2) is 22.7 Å². The number of thioether (sulfide) groups is 1. The maximum Gasteiger partial charge on any atom is 0.233 e. The molecule has 1 rings (SSSR count). The molecule has 3 nitrogen and oxygen atoms in total. The number of halogens is 1. The lowest BCUT2D eigenvalue weighted by Gasteiger charge is -2.09. The van der Waals surface area contributed by atoms with Gasteiger partial charge in [0.1, 0.15) is 0 Å². The summed E-state index contributed by atoms with van der Waals surface area (Å²) in [6.07, 6.45) is 3.38. The lowest BCUT2D eigenvalue weighted by Crippen LogP contribution is -2.30. The van der Waals surface area contributed by atoms with Crippen molar-refractivity contribution in [2.45, 2.75) is 17.2 Å². The summed E-state index contributed by atoms with van der Waals surface area (Å²) in [6.45, 7) is 5.90. The zero-order valence-corrected chi connectivity index (χ0v) is 11.3. The number of carbonyl (C=O) groups excluding carboxylic acids is 1. The van der Waals surface area contributed by atoms with E-state index < -0.39 is 0 Å². The van der Waals surface area contributed by atoms with E-state index in [0.717, 1.165) is 9.50 Å². The first-order valence-electron chi connectivity index (χ1n) is 4.80. The first-order valence-corrected chi connectivity index (χ1v) is 6.47. The van der Waals surface area contributed by atoms with Gasteiger partial charge in [-0.3, -0.25) is 4.79 Å². The largest absolute Gasteiger partial charge is 0.352 e. The van der Waals surface area contributed by atoms with Gasteiger partial charge in [0.25, 0.3) is 0 Å². The van der Waals surface area contributed by atoms with Crippen molar-refractivity contribution in [1.82, 2.24) is 10.3 Å². The monoisotopic (exact) mass is 300 g/mol. The smallest absolute Gasteiger partial charge is 0.233 e. The number of carbonyl (C=O) groups is 1. The first-order chi connectivity index (χ1) is 7.63. The van der Waals surface area contributed by atoms with Gasteiger partial charge in [0.15, 0.2) is 0 Å². The first kappa shape index (κ1) is 13.3. The van der Waals surface area contributed by atoms with Crippen molar-refractivity contribution in [2.24, 2.45) is 0 Å². The van der Waals surface area contributed by atoms with E-state index in [2.05, 4.69) is 32.8 Å². The van der Waals surface area contributed by atoms with Crippen LogP contribution in [-0.2, 0) is 4.79 Å². The molecule has 0 radical (unpaired) electrons. The molecule has 0 aliphatic carbocycles. The van der Waals surface area contributed by atoms with Gasteiger partial charge in [-0.15, -0.1) is 6.58 Å². The Balaban J connectivity index is 2.50. The van der Waals surface area contributed by atoms with Crippen molar-refractivity contribution in [2.75, 3.05) is 6.54 Å². The van der Waals surface area contributed by atoms with Crippen molar-refractivity contribution < 1.29 is 4.79 Å². The molecule has 1 atom stereocenters. The van der Waals surface area contributed by atoms with Crippen LogP contribution in [0.15, 0.2) is 40.5 Å². The van der Waals surface area contributed by atoms with Crippen LogP contribution in [0.3, 0.4) is 0 Å². The lowest BCUT2D eigenvalue weighted by molar-refractivity contribution is -0.120. The molecule has 1 heterocycles. The van der Waals surface area contributed by atoms with E-state index in [1.807, 2.05) is 19.1 Å². The summed E-state index contributed by atoms with van der Waals surface area (Å²) in [6, 6.07) is 3.79. The predicted octanol–water partition coefficient (Wildman–Crippen LogP) is 2.63. The highest BCUT2D eigenvalue weighted by Gasteiger charge is 2.13. The normalized spacial score (nSPS) is 11.9. The summed E-state index contributed by atoms with van der Waals surface area (Å²) in [5.41, 5.74) is 0. The van der Waals surface area contributed by atoms with E-state index in [9.17, 15) is 4.79 Å². The standard InChI is InChI=1S/C11H13BrN2OS/c1-3-6-13-11(15)8(2)16-10-5-4-9(12)7-14-10/h3-5,7-8H,1,6H2,2H3,(H,13,15). The number of nitrogens with zero attached hydrogens (tertiary/aromatic N) is 1. The minimum absolute atomic E-state index is 0.00498. The van der Waals surface area contributed by atoms with Crippen LogP contribution in [0.4, 0.5) is 0 Å². The number of hydrogen-bond donors (Lipinski definition) is 1. The van der Waals surface area contributed by atoms with Gasteiger partial charge in [0.2, 0.25) is 5.91 Å². The fourth-order valence-corrected chi connectivity index (χ4v) is 2.03. The molecule has 0 aromatic carbocycles. The second-order valence-electron chi connectivity index (χ2n) is 3.11. The zero-order valence-electron chi connectivity index (χ0n) is 8.94. The van der Waals surface area contributed by atoms with E-state index in [1.165, 1.54) is 11.8 Å². The molecule has 0 saturated carbocycles. The van der Waals surface area contributed by atoms with Crippen molar-refractivity contribution in [1.29, 1.82) is 0 Å². The van der Waals surface area contributed by atoms with Crippen LogP contribution >= 0.6 is 27.7 Å². The Morgan fingerprint density at radius 3 is 3.06 bits per heavy atom. The Hall–Kier alpha value is -0.810. The van der Waals surface area contributed by atoms with E-state index in [0.29, 0.717) is 6.54 Å². The molecule has 86 valence electrons. The average Bonchev–Trinajstić information content (AvgIpc) is 2.29. The van der Waals surface area contributed by atoms with Crippen molar-refractivity contribution in [3.8, 4) is 0 Å². The van der Waals surface area contributed by atoms with Crippen LogP contribution in [0.1, 0.15) is 6.92 Å². The van der Waals surface area contributed by atoms with Gasteiger partial charge in [-0.1, -0.05) is 17.8 Å². The van der Waals surface area contributed by atoms with Crippen LogP contribution in [0, 0.1) is 0 Å². The van der Waals surface area contributed by atoms with Crippen molar-refractivity contribution in [3.63, 3.8) is 0 Å². The second kappa shape index (κ2) is 6.70. The highest BCUT2D eigenvalue weighted by molar-refractivity contribution is 9.10. The van der Waals surface area contributed by atoms with Gasteiger partial charge in [-0.2, -0.15) is 0 Å². The molecule has 0 saturated heterocycles. The van der Waals surface area contributed by atoms with Gasteiger partial charge in [0.05, 0.1) is 10.3 Å². The molecular weight excluding hydrogens is 288 g/mol. The molecule has 1 N–H and O–H groups in total. The number of nitrogens with one attached hydrogen (secondary N) is 1. The van der Waals surface area contributed by atoms with E-state index >= 15 is 0 Å². The third-order valence-corrected chi connectivity index (χ3v) is 3.31. The number of rotatable bonds is 5. The van der Waals surface area contributed by atoms with E-state index in [-0.39, 0.29) is 11.2 Å². The van der Waals surface area contributed by atoms with E-state index in [1.54, 1.807) is 12.3 Å². The van der Waals surface area contributed by atoms with Crippen LogP contribution < -0.4 is 5.32 Å². The minimum atomic E-state index is -0.159. The molecule has 0 bridgehead atoms. The second-order valence-corrected chi connectivity index (χ2v) is 5.39. The summed E-state index contributed by atoms with van der Waals surface area (Å²) in [4.78, 5) is 15.8. The van der Waals surface area contributed by atoms with E-state index in [4.69, 9.17) is 0 Å². The highest BCUT2D eigenvalue weighted by Crippen LogP contribution is 2.22. The van der Waals surface area contributed by atoms with Crippen molar-refractivity contribution in [3.05, 3.63) is 35.5 Å². The average molecular weight is 301 g/mol. The third kappa shape index (κ3) is 4.37.